The van der Waals surface area contributed by atoms with E-state index in [1.807, 2.05) is 56.6 Å². The van der Waals surface area contributed by atoms with E-state index >= 15 is 0 Å². The molecule has 0 aliphatic heterocycles. The Morgan fingerprint density at radius 1 is 1.03 bits per heavy atom. The van der Waals surface area contributed by atoms with Crippen LogP contribution in [0.3, 0.4) is 0 Å². The number of likely N-dealkylation sites (N-methyl/N-ethyl adjacent to an activating group) is 1. The fourth-order valence-corrected chi connectivity index (χ4v) is 4.28. The molecule has 174 valence electrons. The van der Waals surface area contributed by atoms with E-state index in [9.17, 15) is 4.79 Å². The summed E-state index contributed by atoms with van der Waals surface area (Å²) in [7, 11) is 4.02. The Balaban J connectivity index is 1.42. The molecule has 0 spiro atoms. The molecule has 0 amide bonds. The van der Waals surface area contributed by atoms with E-state index in [0.29, 0.717) is 35.4 Å². The first-order chi connectivity index (χ1) is 16.5. The number of fused-ring (bicyclic) bond motifs is 2. The number of hydrogen-bond acceptors (Lipinski definition) is 8. The lowest BCUT2D eigenvalue weighted by molar-refractivity contribution is 0.103. The summed E-state index contributed by atoms with van der Waals surface area (Å²) in [4.78, 5) is 24.2. The standard InChI is InChI=1S/C23H24N8O2S/c1-31(2)9-10-33-13-14-11-20(25-21-16-5-3-4-6-18(16)27-29-21)26-23(24-14)34-15-7-8-17-19(12-15)28-30-22(17)32/h3-8,11-12H,9-10,13H2,1-2H3,(H2,28,30,32)(H2,24,25,26,27,29). The van der Waals surface area contributed by atoms with Crippen LogP contribution in [0.2, 0.25) is 0 Å². The summed E-state index contributed by atoms with van der Waals surface area (Å²) in [6.07, 6.45) is 0. The summed E-state index contributed by atoms with van der Waals surface area (Å²) in [5.41, 5.74) is 2.29. The van der Waals surface area contributed by atoms with Crippen LogP contribution < -0.4 is 10.9 Å². The molecule has 4 N–H and O–H groups in total. The molecule has 0 bridgehead atoms. The van der Waals surface area contributed by atoms with Crippen LogP contribution in [0.1, 0.15) is 5.69 Å². The van der Waals surface area contributed by atoms with Crippen molar-refractivity contribution in [1.29, 1.82) is 0 Å². The van der Waals surface area contributed by atoms with Gasteiger partial charge in [-0.1, -0.05) is 12.1 Å². The van der Waals surface area contributed by atoms with Gasteiger partial charge in [-0.3, -0.25) is 20.1 Å². The second-order valence-electron chi connectivity index (χ2n) is 8.01. The number of nitrogens with one attached hydrogen (secondary N) is 4. The molecule has 0 aliphatic carbocycles. The Bertz CT molecular complexity index is 1490. The first kappa shape index (κ1) is 22.1. The average molecular weight is 477 g/mol. The molecule has 2 aromatic carbocycles. The number of hydrogen-bond donors (Lipinski definition) is 4. The van der Waals surface area contributed by atoms with E-state index in [1.165, 1.54) is 11.8 Å². The predicted octanol–water partition coefficient (Wildman–Crippen LogP) is 3.50. The lowest BCUT2D eigenvalue weighted by atomic mass is 10.2. The Morgan fingerprint density at radius 3 is 2.79 bits per heavy atom. The number of H-pyrrole nitrogens is 3. The lowest BCUT2D eigenvalue weighted by Gasteiger charge is -2.11. The van der Waals surface area contributed by atoms with Crippen molar-refractivity contribution in [2.75, 3.05) is 32.6 Å². The van der Waals surface area contributed by atoms with E-state index in [2.05, 4.69) is 35.6 Å². The van der Waals surface area contributed by atoms with Crippen molar-refractivity contribution in [3.05, 3.63) is 64.6 Å². The molecule has 0 fully saturated rings. The maximum Gasteiger partial charge on any atom is 0.271 e. The molecule has 3 heterocycles. The Kier molecular flexibility index (Phi) is 6.30. The Labute approximate surface area is 199 Å². The van der Waals surface area contributed by atoms with Crippen LogP contribution in [-0.2, 0) is 11.3 Å². The molecule has 11 heteroatoms. The van der Waals surface area contributed by atoms with Gasteiger partial charge >= 0.3 is 0 Å². The number of aromatic nitrogens is 6. The Morgan fingerprint density at radius 2 is 1.91 bits per heavy atom. The highest BCUT2D eigenvalue weighted by Crippen LogP contribution is 2.29. The van der Waals surface area contributed by atoms with Gasteiger partial charge in [0.15, 0.2) is 11.0 Å². The van der Waals surface area contributed by atoms with Gasteiger partial charge in [-0.05, 0) is 56.2 Å². The molecule has 0 radical (unpaired) electrons. The molecule has 3 aromatic heterocycles. The largest absolute Gasteiger partial charge is 0.374 e. The van der Waals surface area contributed by atoms with E-state index in [1.54, 1.807) is 6.07 Å². The topological polar surface area (TPSA) is 128 Å². The normalized spacial score (nSPS) is 11.6. The lowest BCUT2D eigenvalue weighted by Crippen LogP contribution is -2.18. The summed E-state index contributed by atoms with van der Waals surface area (Å²) in [5, 5.41) is 18.4. The van der Waals surface area contributed by atoms with E-state index < -0.39 is 0 Å². The van der Waals surface area contributed by atoms with Crippen molar-refractivity contribution in [2.45, 2.75) is 16.7 Å². The second kappa shape index (κ2) is 9.67. The second-order valence-corrected chi connectivity index (χ2v) is 9.06. The van der Waals surface area contributed by atoms with Gasteiger partial charge in [0.05, 0.1) is 35.3 Å². The number of anilines is 2. The van der Waals surface area contributed by atoms with Crippen LogP contribution in [0.15, 0.2) is 63.4 Å². The van der Waals surface area contributed by atoms with Crippen molar-refractivity contribution in [3.63, 3.8) is 0 Å². The molecule has 34 heavy (non-hydrogen) atoms. The van der Waals surface area contributed by atoms with Crippen molar-refractivity contribution in [1.82, 2.24) is 35.3 Å². The first-order valence-corrected chi connectivity index (χ1v) is 11.6. The van der Waals surface area contributed by atoms with Crippen LogP contribution in [0.4, 0.5) is 11.6 Å². The van der Waals surface area contributed by atoms with Crippen molar-refractivity contribution in [2.24, 2.45) is 0 Å². The molecule has 5 rings (SSSR count). The Hall–Kier alpha value is -3.67. The summed E-state index contributed by atoms with van der Waals surface area (Å²) in [6.45, 7) is 1.79. The summed E-state index contributed by atoms with van der Waals surface area (Å²) in [6, 6.07) is 15.3. The summed E-state index contributed by atoms with van der Waals surface area (Å²) < 4.78 is 5.82. The molecular formula is C23H24N8O2S. The van der Waals surface area contributed by atoms with Gasteiger partial charge < -0.3 is 15.0 Å². The number of benzene rings is 2. The third kappa shape index (κ3) is 4.96. The van der Waals surface area contributed by atoms with Gasteiger partial charge in [-0.25, -0.2) is 9.97 Å². The minimum Gasteiger partial charge on any atom is -0.374 e. The summed E-state index contributed by atoms with van der Waals surface area (Å²) >= 11 is 1.41. The minimum absolute atomic E-state index is 0.141. The van der Waals surface area contributed by atoms with E-state index in [4.69, 9.17) is 9.72 Å². The zero-order chi connectivity index (χ0) is 23.5. The zero-order valence-electron chi connectivity index (χ0n) is 18.8. The fraction of sp³-hybridized carbons (Fsp3) is 0.217. The molecular weight excluding hydrogens is 452 g/mol. The smallest absolute Gasteiger partial charge is 0.271 e. The molecule has 0 unspecified atom stereocenters. The zero-order valence-corrected chi connectivity index (χ0v) is 19.6. The van der Waals surface area contributed by atoms with Crippen molar-refractivity contribution < 1.29 is 4.74 Å². The van der Waals surface area contributed by atoms with E-state index in [0.717, 1.165) is 33.6 Å². The quantitative estimate of drug-likeness (QED) is 0.188. The fourth-order valence-electron chi connectivity index (χ4n) is 3.45. The molecule has 0 aliphatic rings. The van der Waals surface area contributed by atoms with Gasteiger partial charge in [-0.15, -0.1) is 0 Å². The van der Waals surface area contributed by atoms with Gasteiger partial charge in [-0.2, -0.15) is 5.10 Å². The maximum atomic E-state index is 11.8. The highest BCUT2D eigenvalue weighted by Gasteiger charge is 2.12. The highest BCUT2D eigenvalue weighted by molar-refractivity contribution is 7.99. The monoisotopic (exact) mass is 476 g/mol. The molecule has 0 saturated heterocycles. The molecule has 5 aromatic rings. The van der Waals surface area contributed by atoms with Crippen molar-refractivity contribution in [3.8, 4) is 0 Å². The number of para-hydroxylation sites is 1. The van der Waals surface area contributed by atoms with Crippen LogP contribution in [0.5, 0.6) is 0 Å². The van der Waals surface area contributed by atoms with Crippen LogP contribution in [-0.4, -0.2) is 62.5 Å². The predicted molar refractivity (Wildman–Crippen MR) is 133 cm³/mol. The average Bonchev–Trinajstić information content (AvgIpc) is 3.40. The van der Waals surface area contributed by atoms with Crippen molar-refractivity contribution >= 4 is 45.2 Å². The minimum atomic E-state index is -0.141. The van der Waals surface area contributed by atoms with E-state index in [-0.39, 0.29) is 5.56 Å². The van der Waals surface area contributed by atoms with Gasteiger partial charge in [0.2, 0.25) is 0 Å². The van der Waals surface area contributed by atoms with Crippen LogP contribution in [0, 0.1) is 0 Å². The molecule has 0 saturated carbocycles. The third-order valence-corrected chi connectivity index (χ3v) is 6.02. The SMILES string of the molecule is CN(C)CCOCc1cc(Nc2n[nH]c3ccccc23)nc(Sc2ccc3c(=O)[nH][nH]c3c2)n1. The third-order valence-electron chi connectivity index (χ3n) is 5.16. The first-order valence-electron chi connectivity index (χ1n) is 10.7. The summed E-state index contributed by atoms with van der Waals surface area (Å²) in [5.74, 6) is 1.31. The van der Waals surface area contributed by atoms with Crippen LogP contribution in [0.25, 0.3) is 21.8 Å². The number of aromatic amines is 3. The van der Waals surface area contributed by atoms with Gasteiger partial charge in [0.1, 0.15) is 5.82 Å². The number of nitrogens with zero attached hydrogens (tertiary/aromatic N) is 4. The molecule has 0 atom stereocenters. The number of rotatable bonds is 9. The van der Waals surface area contributed by atoms with Crippen LogP contribution >= 0.6 is 11.8 Å². The maximum absolute atomic E-state index is 11.8. The number of ether oxygens (including phenoxy) is 1. The van der Waals surface area contributed by atoms with Gasteiger partial charge in [0, 0.05) is 22.9 Å². The molecule has 10 nitrogen and oxygen atoms in total. The van der Waals surface area contributed by atoms with Gasteiger partial charge in [0.25, 0.3) is 5.56 Å². The highest BCUT2D eigenvalue weighted by atomic mass is 32.2.